The molecule has 22 heavy (non-hydrogen) atoms. The summed E-state index contributed by atoms with van der Waals surface area (Å²) in [4.78, 5) is 0.0223. The zero-order valence-electron chi connectivity index (χ0n) is 12.8. The predicted octanol–water partition coefficient (Wildman–Crippen LogP) is 1.67. The number of likely N-dealkylation sites (N-methyl/N-ethyl adjacent to an activating group) is 1. The monoisotopic (exact) mass is 372 g/mol. The van der Waals surface area contributed by atoms with Gasteiger partial charge in [-0.1, -0.05) is 11.6 Å². The quantitative estimate of drug-likeness (QED) is 0.644. The molecule has 0 amide bonds. The third kappa shape index (κ3) is 6.68. The molecular weight excluding hydrogens is 351 g/mol. The van der Waals surface area contributed by atoms with Crippen molar-refractivity contribution in [1.82, 2.24) is 10.0 Å². The van der Waals surface area contributed by atoms with Crippen LogP contribution < -0.4 is 14.8 Å². The summed E-state index contributed by atoms with van der Waals surface area (Å²) < 4.78 is 37.7. The van der Waals surface area contributed by atoms with E-state index in [1.807, 2.05) is 0 Å². The van der Waals surface area contributed by atoms with Gasteiger partial charge in [-0.25, -0.2) is 13.1 Å². The fraction of sp³-hybridized carbons (Fsp3) is 0.538. The van der Waals surface area contributed by atoms with Gasteiger partial charge in [-0.3, -0.25) is 0 Å². The van der Waals surface area contributed by atoms with Crippen LogP contribution in [0, 0.1) is 0 Å². The first-order valence-corrected chi connectivity index (χ1v) is 8.36. The molecule has 0 fully saturated rings. The van der Waals surface area contributed by atoms with Crippen molar-refractivity contribution in [2.75, 3.05) is 33.9 Å². The minimum Gasteiger partial charge on any atom is -0.487 e. The summed E-state index contributed by atoms with van der Waals surface area (Å²) in [5.41, 5.74) is 0. The summed E-state index contributed by atoms with van der Waals surface area (Å²) in [6.45, 7) is 2.95. The number of rotatable bonds is 9. The molecule has 1 rings (SSSR count). The highest BCUT2D eigenvalue weighted by molar-refractivity contribution is 7.89. The molecule has 0 aliphatic rings. The lowest BCUT2D eigenvalue weighted by atomic mass is 10.3. The number of methoxy groups -OCH3 is 1. The minimum atomic E-state index is -3.69. The Hall–Kier alpha value is -0.570. The van der Waals surface area contributed by atoms with E-state index in [0.29, 0.717) is 18.2 Å². The van der Waals surface area contributed by atoms with Crippen molar-refractivity contribution in [3.63, 3.8) is 0 Å². The van der Waals surface area contributed by atoms with Crippen molar-refractivity contribution < 1.29 is 17.9 Å². The Labute approximate surface area is 143 Å². The van der Waals surface area contributed by atoms with Gasteiger partial charge in [0.1, 0.15) is 16.7 Å². The molecule has 0 saturated carbocycles. The lowest BCUT2D eigenvalue weighted by molar-refractivity contribution is 0.0901. The van der Waals surface area contributed by atoms with Crippen molar-refractivity contribution in [2.24, 2.45) is 0 Å². The van der Waals surface area contributed by atoms with E-state index in [0.717, 1.165) is 0 Å². The third-order valence-electron chi connectivity index (χ3n) is 2.59. The standard InChI is InChI=1S/C13H21ClN2O4S.ClH/c1-10(9-19-3)20-12-5-4-11(14)8-13(12)21(17,18)16-7-6-15-2;/h4-5,8,10,15-16H,6-7,9H2,1-3H3;1H. The molecule has 0 heterocycles. The smallest absolute Gasteiger partial charge is 0.244 e. The molecular formula is C13H22Cl2N2O4S. The number of nitrogens with one attached hydrogen (secondary N) is 2. The van der Waals surface area contributed by atoms with Gasteiger partial charge in [-0.15, -0.1) is 12.4 Å². The van der Waals surface area contributed by atoms with Crippen LogP contribution in [-0.4, -0.2) is 48.4 Å². The van der Waals surface area contributed by atoms with Gasteiger partial charge in [-0.05, 0) is 32.2 Å². The van der Waals surface area contributed by atoms with E-state index in [4.69, 9.17) is 21.1 Å². The van der Waals surface area contributed by atoms with Crippen LogP contribution in [0.4, 0.5) is 0 Å². The first-order chi connectivity index (χ1) is 9.90. The molecule has 1 aromatic carbocycles. The number of halogens is 2. The second-order valence-electron chi connectivity index (χ2n) is 4.48. The van der Waals surface area contributed by atoms with Gasteiger partial charge < -0.3 is 14.8 Å². The van der Waals surface area contributed by atoms with Crippen molar-refractivity contribution in [2.45, 2.75) is 17.9 Å². The number of hydrogen-bond donors (Lipinski definition) is 2. The maximum Gasteiger partial charge on any atom is 0.244 e. The van der Waals surface area contributed by atoms with Crippen LogP contribution in [0.15, 0.2) is 23.1 Å². The van der Waals surface area contributed by atoms with Crippen LogP contribution in [0.25, 0.3) is 0 Å². The first kappa shape index (κ1) is 21.4. The maximum absolute atomic E-state index is 12.3. The molecule has 1 unspecified atom stereocenters. The van der Waals surface area contributed by atoms with E-state index in [-0.39, 0.29) is 35.7 Å². The molecule has 0 radical (unpaired) electrons. The van der Waals surface area contributed by atoms with Crippen LogP contribution in [0.2, 0.25) is 5.02 Å². The van der Waals surface area contributed by atoms with E-state index in [9.17, 15) is 8.42 Å². The van der Waals surface area contributed by atoms with Crippen molar-refractivity contribution in [3.8, 4) is 5.75 Å². The zero-order valence-corrected chi connectivity index (χ0v) is 15.1. The molecule has 6 nitrogen and oxygen atoms in total. The van der Waals surface area contributed by atoms with E-state index in [1.54, 1.807) is 33.2 Å². The van der Waals surface area contributed by atoms with E-state index in [2.05, 4.69) is 10.0 Å². The third-order valence-corrected chi connectivity index (χ3v) is 4.31. The molecule has 1 aromatic rings. The maximum atomic E-state index is 12.3. The van der Waals surface area contributed by atoms with Crippen LogP contribution in [0.5, 0.6) is 5.75 Å². The van der Waals surface area contributed by atoms with Gasteiger partial charge in [0.25, 0.3) is 0 Å². The molecule has 9 heteroatoms. The first-order valence-electron chi connectivity index (χ1n) is 6.50. The summed E-state index contributed by atoms with van der Waals surface area (Å²) in [7, 11) is -0.388. The molecule has 1 atom stereocenters. The van der Waals surface area contributed by atoms with Gasteiger partial charge in [0, 0.05) is 25.2 Å². The highest BCUT2D eigenvalue weighted by Crippen LogP contribution is 2.28. The molecule has 0 saturated heterocycles. The molecule has 2 N–H and O–H groups in total. The lowest BCUT2D eigenvalue weighted by Crippen LogP contribution is -2.31. The summed E-state index contributed by atoms with van der Waals surface area (Å²) in [6.07, 6.45) is -0.276. The van der Waals surface area contributed by atoms with Crippen molar-refractivity contribution in [1.29, 1.82) is 0 Å². The van der Waals surface area contributed by atoms with Crippen LogP contribution in [0.1, 0.15) is 6.92 Å². The summed E-state index contributed by atoms with van der Waals surface area (Å²) >= 11 is 5.90. The van der Waals surface area contributed by atoms with Gasteiger partial charge in [0.2, 0.25) is 10.0 Å². The van der Waals surface area contributed by atoms with Gasteiger partial charge >= 0.3 is 0 Å². The topological polar surface area (TPSA) is 76.7 Å². The second kappa shape index (κ2) is 10.3. The Morgan fingerprint density at radius 3 is 2.59 bits per heavy atom. The highest BCUT2D eigenvalue weighted by Gasteiger charge is 2.21. The second-order valence-corrected chi connectivity index (χ2v) is 6.65. The number of sulfonamides is 1. The molecule has 0 aliphatic heterocycles. The molecule has 0 aliphatic carbocycles. The SMILES string of the molecule is CNCCNS(=O)(=O)c1cc(Cl)ccc1OC(C)COC.Cl. The summed E-state index contributed by atoms with van der Waals surface area (Å²) in [5, 5.41) is 3.20. The summed E-state index contributed by atoms with van der Waals surface area (Å²) in [5.74, 6) is 0.251. The molecule has 128 valence electrons. The minimum absolute atomic E-state index is 0. The Bertz CT molecular complexity index is 555. The van der Waals surface area contributed by atoms with E-state index < -0.39 is 10.0 Å². The van der Waals surface area contributed by atoms with Gasteiger partial charge in [0.15, 0.2) is 0 Å². The predicted molar refractivity (Wildman–Crippen MR) is 89.8 cm³/mol. The molecule has 0 bridgehead atoms. The van der Waals surface area contributed by atoms with Crippen LogP contribution in [0.3, 0.4) is 0 Å². The van der Waals surface area contributed by atoms with Crippen LogP contribution >= 0.6 is 24.0 Å². The van der Waals surface area contributed by atoms with Crippen LogP contribution in [-0.2, 0) is 14.8 Å². The Balaban J connectivity index is 0.00000441. The largest absolute Gasteiger partial charge is 0.487 e. The number of hydrogen-bond acceptors (Lipinski definition) is 5. The fourth-order valence-electron chi connectivity index (χ4n) is 1.66. The number of ether oxygens (including phenoxy) is 2. The Morgan fingerprint density at radius 1 is 1.32 bits per heavy atom. The van der Waals surface area contributed by atoms with Gasteiger partial charge in [0.05, 0.1) is 6.61 Å². The average molecular weight is 373 g/mol. The normalized spacial score (nSPS) is 12.5. The fourth-order valence-corrected chi connectivity index (χ4v) is 3.09. The molecule has 0 aromatic heterocycles. The lowest BCUT2D eigenvalue weighted by Gasteiger charge is -2.17. The zero-order chi connectivity index (χ0) is 15.9. The van der Waals surface area contributed by atoms with E-state index >= 15 is 0 Å². The average Bonchev–Trinajstić information content (AvgIpc) is 2.41. The molecule has 0 spiro atoms. The summed E-state index contributed by atoms with van der Waals surface area (Å²) in [6, 6.07) is 4.50. The Morgan fingerprint density at radius 2 is 2.00 bits per heavy atom. The van der Waals surface area contributed by atoms with E-state index in [1.165, 1.54) is 6.07 Å². The number of benzene rings is 1. The highest BCUT2D eigenvalue weighted by atomic mass is 35.5. The van der Waals surface area contributed by atoms with Crippen molar-refractivity contribution in [3.05, 3.63) is 23.2 Å². The van der Waals surface area contributed by atoms with Gasteiger partial charge in [-0.2, -0.15) is 0 Å². The Kier molecular flexibility index (Phi) is 9.99. The van der Waals surface area contributed by atoms with Crippen molar-refractivity contribution >= 4 is 34.0 Å².